The number of benzene rings is 1. The Balaban J connectivity index is 2.36. The van der Waals surface area contributed by atoms with Crippen molar-refractivity contribution in [2.75, 3.05) is 6.61 Å². The quantitative estimate of drug-likeness (QED) is 0.633. The van der Waals surface area contributed by atoms with Gasteiger partial charge in [-0.25, -0.2) is 5.43 Å². The molecule has 0 bridgehead atoms. The molecule has 0 aliphatic carbocycles. The highest BCUT2D eigenvalue weighted by Crippen LogP contribution is 2.10. The molecule has 0 heterocycles. The number of amides is 1. The van der Waals surface area contributed by atoms with Crippen molar-refractivity contribution in [3.63, 3.8) is 0 Å². The number of nitriles is 1. The average Bonchev–Trinajstić information content (AvgIpc) is 2.36. The van der Waals surface area contributed by atoms with E-state index in [0.29, 0.717) is 11.3 Å². The van der Waals surface area contributed by atoms with Crippen LogP contribution in [0.5, 0.6) is 5.75 Å². The first kappa shape index (κ1) is 13.7. The Bertz CT molecular complexity index is 458. The predicted molar refractivity (Wildman–Crippen MR) is 68.1 cm³/mol. The molecule has 1 aromatic rings. The van der Waals surface area contributed by atoms with Crippen molar-refractivity contribution >= 4 is 12.1 Å². The third-order valence-corrected chi connectivity index (χ3v) is 1.92. The van der Waals surface area contributed by atoms with Gasteiger partial charge in [0.1, 0.15) is 5.75 Å². The van der Waals surface area contributed by atoms with E-state index in [0.717, 1.165) is 0 Å². The van der Waals surface area contributed by atoms with Crippen LogP contribution in [0.3, 0.4) is 0 Å². The van der Waals surface area contributed by atoms with E-state index in [-0.39, 0.29) is 18.4 Å². The van der Waals surface area contributed by atoms with Gasteiger partial charge < -0.3 is 4.74 Å². The lowest BCUT2D eigenvalue weighted by Crippen LogP contribution is -2.24. The van der Waals surface area contributed by atoms with E-state index < -0.39 is 0 Å². The number of nitrogens with one attached hydrogen (secondary N) is 1. The van der Waals surface area contributed by atoms with Crippen molar-refractivity contribution in [1.82, 2.24) is 5.43 Å². The van der Waals surface area contributed by atoms with Crippen molar-refractivity contribution in [3.05, 3.63) is 29.8 Å². The summed E-state index contributed by atoms with van der Waals surface area (Å²) in [6.45, 7) is 3.81. The van der Waals surface area contributed by atoms with Crippen LogP contribution in [-0.4, -0.2) is 18.7 Å². The minimum Gasteiger partial charge on any atom is -0.484 e. The highest BCUT2D eigenvalue weighted by Gasteiger charge is 2.01. The molecule has 1 N–H and O–H groups in total. The molecular weight excluding hydrogens is 230 g/mol. The summed E-state index contributed by atoms with van der Waals surface area (Å²) in [7, 11) is 0. The largest absolute Gasteiger partial charge is 0.484 e. The van der Waals surface area contributed by atoms with Gasteiger partial charge >= 0.3 is 0 Å². The fourth-order valence-electron chi connectivity index (χ4n) is 1.07. The van der Waals surface area contributed by atoms with E-state index in [2.05, 4.69) is 10.5 Å². The minimum absolute atomic E-state index is 0.110. The zero-order valence-corrected chi connectivity index (χ0v) is 10.4. The summed E-state index contributed by atoms with van der Waals surface area (Å²) in [6, 6.07) is 8.55. The molecule has 0 saturated heterocycles. The Morgan fingerprint density at radius 2 is 2.17 bits per heavy atom. The van der Waals surface area contributed by atoms with Crippen molar-refractivity contribution in [3.8, 4) is 11.8 Å². The van der Waals surface area contributed by atoms with Crippen LogP contribution in [0.2, 0.25) is 0 Å². The first-order valence-electron chi connectivity index (χ1n) is 5.57. The Kier molecular flexibility index (Phi) is 5.39. The van der Waals surface area contributed by atoms with E-state index in [1.807, 2.05) is 19.9 Å². The van der Waals surface area contributed by atoms with Gasteiger partial charge in [-0.3, -0.25) is 4.79 Å². The predicted octanol–water partition coefficient (Wildman–Crippen LogP) is 1.70. The van der Waals surface area contributed by atoms with Gasteiger partial charge in [0.25, 0.3) is 5.91 Å². The number of hydrogen-bond donors (Lipinski definition) is 1. The molecule has 0 spiro atoms. The normalized spacial score (nSPS) is 10.3. The Labute approximate surface area is 106 Å². The minimum atomic E-state index is -0.323. The second-order valence-corrected chi connectivity index (χ2v) is 3.98. The first-order chi connectivity index (χ1) is 8.61. The fraction of sp³-hybridized carbons (Fsp3) is 0.308. The van der Waals surface area contributed by atoms with Crippen molar-refractivity contribution < 1.29 is 9.53 Å². The van der Waals surface area contributed by atoms with Crippen molar-refractivity contribution in [2.24, 2.45) is 11.0 Å². The number of nitrogens with zero attached hydrogens (tertiary/aromatic N) is 2. The van der Waals surface area contributed by atoms with Crippen LogP contribution in [0.1, 0.15) is 19.4 Å². The van der Waals surface area contributed by atoms with Gasteiger partial charge in [-0.2, -0.15) is 10.4 Å². The topological polar surface area (TPSA) is 74.5 Å². The van der Waals surface area contributed by atoms with Crippen LogP contribution < -0.4 is 10.2 Å². The van der Waals surface area contributed by atoms with Crippen LogP contribution in [0.15, 0.2) is 29.4 Å². The number of carbonyl (C=O) groups is 1. The average molecular weight is 245 g/mol. The van der Waals surface area contributed by atoms with E-state index >= 15 is 0 Å². The monoisotopic (exact) mass is 245 g/mol. The highest BCUT2D eigenvalue weighted by atomic mass is 16.5. The SMILES string of the molecule is CC(C)/C=N\NC(=O)COc1ccc(C#N)cc1. The molecule has 1 amide bonds. The lowest BCUT2D eigenvalue weighted by atomic mass is 10.2. The molecule has 0 atom stereocenters. The number of hydrogen-bond acceptors (Lipinski definition) is 4. The van der Waals surface area contributed by atoms with Crippen molar-refractivity contribution in [1.29, 1.82) is 5.26 Å². The smallest absolute Gasteiger partial charge is 0.277 e. The maximum Gasteiger partial charge on any atom is 0.277 e. The summed E-state index contributed by atoms with van der Waals surface area (Å²) in [5, 5.41) is 12.4. The lowest BCUT2D eigenvalue weighted by Gasteiger charge is -2.04. The molecule has 94 valence electrons. The van der Waals surface area contributed by atoms with E-state index in [1.54, 1.807) is 30.5 Å². The van der Waals surface area contributed by atoms with Crippen LogP contribution >= 0.6 is 0 Å². The maximum atomic E-state index is 11.3. The molecule has 18 heavy (non-hydrogen) atoms. The summed E-state index contributed by atoms with van der Waals surface area (Å²) in [4.78, 5) is 11.3. The summed E-state index contributed by atoms with van der Waals surface area (Å²) < 4.78 is 5.23. The maximum absolute atomic E-state index is 11.3. The Morgan fingerprint density at radius 1 is 1.50 bits per heavy atom. The zero-order chi connectivity index (χ0) is 13.4. The fourth-order valence-corrected chi connectivity index (χ4v) is 1.07. The molecule has 0 aliphatic heterocycles. The van der Waals surface area contributed by atoms with Crippen LogP contribution in [-0.2, 0) is 4.79 Å². The molecule has 5 heteroatoms. The van der Waals surface area contributed by atoms with E-state index in [9.17, 15) is 4.79 Å². The van der Waals surface area contributed by atoms with Crippen LogP contribution in [0.4, 0.5) is 0 Å². The zero-order valence-electron chi connectivity index (χ0n) is 10.4. The molecule has 1 rings (SSSR count). The van der Waals surface area contributed by atoms with Gasteiger partial charge in [-0.05, 0) is 30.2 Å². The number of hydrazone groups is 1. The molecule has 0 aliphatic rings. The standard InChI is InChI=1S/C13H15N3O2/c1-10(2)8-15-16-13(17)9-18-12-5-3-11(7-14)4-6-12/h3-6,8,10H,9H2,1-2H3,(H,16,17)/b15-8-. The van der Waals surface area contributed by atoms with Gasteiger partial charge in [0.05, 0.1) is 11.6 Å². The highest BCUT2D eigenvalue weighted by molar-refractivity contribution is 5.78. The number of rotatable bonds is 5. The summed E-state index contributed by atoms with van der Waals surface area (Å²) in [6.07, 6.45) is 1.64. The van der Waals surface area contributed by atoms with E-state index in [4.69, 9.17) is 10.00 Å². The van der Waals surface area contributed by atoms with Crippen molar-refractivity contribution in [2.45, 2.75) is 13.8 Å². The van der Waals surface area contributed by atoms with Gasteiger partial charge in [0.2, 0.25) is 0 Å². The van der Waals surface area contributed by atoms with E-state index in [1.165, 1.54) is 0 Å². The number of ether oxygens (including phenoxy) is 1. The third-order valence-electron chi connectivity index (χ3n) is 1.92. The van der Waals surface area contributed by atoms with Crippen LogP contribution in [0.25, 0.3) is 0 Å². The molecule has 5 nitrogen and oxygen atoms in total. The lowest BCUT2D eigenvalue weighted by molar-refractivity contribution is -0.123. The van der Waals surface area contributed by atoms with Gasteiger partial charge in [-0.15, -0.1) is 0 Å². The molecule has 0 saturated carbocycles. The summed E-state index contributed by atoms with van der Waals surface area (Å²) in [5.74, 6) is 0.498. The number of carbonyl (C=O) groups excluding carboxylic acids is 1. The molecular formula is C13H15N3O2. The van der Waals surface area contributed by atoms with Gasteiger partial charge in [0.15, 0.2) is 6.61 Å². The second kappa shape index (κ2) is 7.07. The van der Waals surface area contributed by atoms with Crippen LogP contribution in [0, 0.1) is 17.2 Å². The summed E-state index contributed by atoms with van der Waals surface area (Å²) in [5.41, 5.74) is 2.91. The Hall–Kier alpha value is -2.35. The summed E-state index contributed by atoms with van der Waals surface area (Å²) >= 11 is 0. The van der Waals surface area contributed by atoms with Gasteiger partial charge in [-0.1, -0.05) is 13.8 Å². The third kappa shape index (κ3) is 5.12. The second-order valence-electron chi connectivity index (χ2n) is 3.98. The first-order valence-corrected chi connectivity index (χ1v) is 5.57. The molecule has 0 unspecified atom stereocenters. The molecule has 1 aromatic carbocycles. The molecule has 0 fully saturated rings. The molecule has 0 aromatic heterocycles. The molecule has 0 radical (unpaired) electrons. The Morgan fingerprint density at radius 3 is 2.72 bits per heavy atom. The van der Waals surface area contributed by atoms with Gasteiger partial charge in [0, 0.05) is 6.21 Å².